The van der Waals surface area contributed by atoms with Crippen LogP contribution in [-0.4, -0.2) is 145 Å². The van der Waals surface area contributed by atoms with Gasteiger partial charge >= 0.3 is 40.8 Å². The van der Waals surface area contributed by atoms with E-state index in [1.807, 2.05) is 122 Å². The standard InChI is InChI=1S/C25H24N4O4S2.2C24H20Cl2N4O4S2.C23H19Cl2N5O4S2/c1-18-7-9-20(17-23(18)25-14-8-19-5-2-3-6-24(19)27-25)28-34(30,31)22-12-10-21(11-13-22)29-16-4-15-26-35(29,32)33;25-20-9-7-17(14-19(20)23-10-6-16-4-1-2-5-22(16)28-23)29-35(31,32)24-11-8-18(15-21(24)26)30-13-3-12-27-36(30,33)34;25-21-8-6-17(14-20(21)24-19-5-2-1-4-16(19)10-12-27-24)29-35(31,32)23-9-7-18(15-22(23)26)30-13-3-11-28-36(30,33)34;24-19-5-3-16(12-18(19)22-6-2-15-14-26-10-8-21(15)28-22)29-35(31,32)23-7-4-17(13-20(23)25)30-11-1-9-27-36(30,33)34/h2-3,5-14,17,26,28H,4,15-16H2,1H3;1-2,4-11,14-15,27,29H,3,12-13H2;1-2,4-10,12,14-15,28-29H,3,11,13H2;2-8,10,12-14,27,29H,1,9,11H2. The number of sulfonamides is 4. The fourth-order valence-corrected chi connectivity index (χ4v) is 27.7. The fourth-order valence-electron chi connectivity index (χ4n) is 16.0. The molecule has 5 aromatic heterocycles. The molecule has 4 fully saturated rings. The Balaban J connectivity index is 0.000000131. The molecule has 0 radical (unpaired) electrons. The molecule has 0 unspecified atom stereocenters. The van der Waals surface area contributed by atoms with Crippen LogP contribution in [0.3, 0.4) is 0 Å². The highest BCUT2D eigenvalue weighted by molar-refractivity contribution is 7.94. The number of rotatable bonds is 20. The Kier molecular flexibility index (Phi) is 30.2. The third-order valence-electron chi connectivity index (χ3n) is 23.0. The van der Waals surface area contributed by atoms with Crippen molar-refractivity contribution in [3.8, 4) is 45.0 Å². The van der Waals surface area contributed by atoms with Gasteiger partial charge in [0.25, 0.3) is 40.1 Å². The Bertz CT molecular complexity index is 8450. The maximum Gasteiger partial charge on any atom is 0.301 e. The monoisotopic (exact) mass is 2200 g/mol. The zero-order valence-electron chi connectivity index (χ0n) is 74.8. The lowest BCUT2D eigenvalue weighted by Gasteiger charge is -2.28. The van der Waals surface area contributed by atoms with Crippen LogP contribution in [0.15, 0.2) is 311 Å². The Morgan fingerprint density at radius 1 is 0.308 bits per heavy atom. The molecule has 0 atom stereocenters. The van der Waals surface area contributed by atoms with E-state index in [0.717, 1.165) is 73.2 Å². The number of aromatic nitrogens is 5. The Morgan fingerprint density at radius 2 is 0.650 bits per heavy atom. The second-order valence-corrected chi connectivity index (χ2v) is 48.4. The predicted molar refractivity (Wildman–Crippen MR) is 566 cm³/mol. The first-order chi connectivity index (χ1) is 68.2. The quantitative estimate of drug-likeness (QED) is 0.0351. The van der Waals surface area contributed by atoms with Gasteiger partial charge in [0.1, 0.15) is 14.7 Å². The van der Waals surface area contributed by atoms with Crippen molar-refractivity contribution >= 4 is 240 Å². The van der Waals surface area contributed by atoms with Crippen molar-refractivity contribution < 1.29 is 67.3 Å². The minimum absolute atomic E-state index is 0.0366. The van der Waals surface area contributed by atoms with Crippen LogP contribution in [0.4, 0.5) is 45.5 Å². The number of hydrogen-bond donors (Lipinski definition) is 8. The predicted octanol–water partition coefficient (Wildman–Crippen LogP) is 18.6. The van der Waals surface area contributed by atoms with E-state index in [0.29, 0.717) is 119 Å². The highest BCUT2D eigenvalue weighted by Crippen LogP contribution is 2.41. The van der Waals surface area contributed by atoms with Crippen LogP contribution < -0.4 is 55.0 Å². The van der Waals surface area contributed by atoms with Gasteiger partial charge in [-0.1, -0.05) is 148 Å². The van der Waals surface area contributed by atoms with Gasteiger partial charge in [0, 0.05) is 137 Å². The highest BCUT2D eigenvalue weighted by Gasteiger charge is 2.34. The van der Waals surface area contributed by atoms with Crippen molar-refractivity contribution in [2.24, 2.45) is 0 Å². The zero-order valence-corrected chi connectivity index (χ0v) is 85.9. The Labute approximate surface area is 856 Å². The summed E-state index contributed by atoms with van der Waals surface area (Å²) in [5.74, 6) is 0. The lowest BCUT2D eigenvalue weighted by molar-refractivity contribution is 0.558. The molecule has 0 aliphatic carbocycles. The highest BCUT2D eigenvalue weighted by atomic mass is 35.5. The smallest absolute Gasteiger partial charge is 0.280 e. The molecular weight excluding hydrogens is 2120 g/mol. The summed E-state index contributed by atoms with van der Waals surface area (Å²) < 4.78 is 228. The van der Waals surface area contributed by atoms with Crippen molar-refractivity contribution in [2.45, 2.75) is 52.2 Å². The molecule has 4 saturated heterocycles. The summed E-state index contributed by atoms with van der Waals surface area (Å²) in [6.07, 6.45) is 7.52. The average Bonchev–Trinajstić information content (AvgIpc) is 0.786. The molecule has 738 valence electrons. The molecule has 9 heterocycles. The third-order valence-corrected chi connectivity index (χ3v) is 37.1. The molecular formula is C96H83Cl6N17O16S8. The molecule has 47 heteroatoms. The molecule has 143 heavy (non-hydrogen) atoms. The van der Waals surface area contributed by atoms with Crippen LogP contribution >= 0.6 is 69.6 Å². The molecule has 20 rings (SSSR count). The van der Waals surface area contributed by atoms with E-state index in [9.17, 15) is 67.3 Å². The van der Waals surface area contributed by atoms with Crippen LogP contribution in [0, 0.1) is 6.92 Å². The number of benzene rings is 11. The van der Waals surface area contributed by atoms with E-state index >= 15 is 0 Å². The van der Waals surface area contributed by atoms with Gasteiger partial charge in [-0.3, -0.25) is 46.1 Å². The van der Waals surface area contributed by atoms with Crippen LogP contribution in [0.2, 0.25) is 30.1 Å². The molecule has 0 bridgehead atoms. The van der Waals surface area contributed by atoms with Crippen molar-refractivity contribution in [2.75, 3.05) is 88.5 Å². The molecule has 16 aromatic rings. The number of anilines is 8. The minimum Gasteiger partial charge on any atom is -0.280 e. The Hall–Kier alpha value is -12.2. The lowest BCUT2D eigenvalue weighted by Crippen LogP contribution is -2.47. The first-order valence-corrected chi connectivity index (χ1v) is 57.6. The summed E-state index contributed by atoms with van der Waals surface area (Å²) in [6.45, 7) is 4.53. The van der Waals surface area contributed by atoms with E-state index in [4.69, 9.17) is 74.6 Å². The number of pyridine rings is 5. The van der Waals surface area contributed by atoms with E-state index in [1.165, 1.54) is 89.2 Å². The molecule has 4 aliphatic rings. The SMILES string of the molecule is Cc1ccc(NS(=O)(=O)c2ccc(N3CCCNS3(=O)=O)cc2)cc1-c1ccc2ccccc2n1.O=S(=O)(Nc1ccc(Cl)c(-c2ccc3ccccc3n2)c1)c1ccc(N2CCCNS2(=O)=O)cc1Cl.O=S(=O)(Nc1ccc(Cl)c(-c2ccc3cnccc3n2)c1)c1ccc(N2CCCNS2(=O)=O)cc1Cl.O=S(=O)(Nc1ccc(Cl)c(-c2nccc3ccccc23)c1)c1ccc(N2CCCNS2(=O)=O)cc1Cl. The minimum atomic E-state index is -4.10. The topological polar surface area (TPSA) is 447 Å². The summed E-state index contributed by atoms with van der Waals surface area (Å²) in [6, 6.07) is 75.5. The van der Waals surface area contributed by atoms with Crippen molar-refractivity contribution in [3.05, 3.63) is 327 Å². The van der Waals surface area contributed by atoms with Gasteiger partial charge in [-0.05, 0) is 238 Å². The summed E-state index contributed by atoms with van der Waals surface area (Å²) in [5.41, 5.74) is 10.8. The Morgan fingerprint density at radius 3 is 1.07 bits per heavy atom. The van der Waals surface area contributed by atoms with Gasteiger partial charge in [0.15, 0.2) is 0 Å². The zero-order chi connectivity index (χ0) is 101. The first kappa shape index (κ1) is 102. The van der Waals surface area contributed by atoms with E-state index in [1.54, 1.807) is 91.4 Å². The van der Waals surface area contributed by atoms with Crippen molar-refractivity contribution in [1.82, 2.24) is 43.8 Å². The van der Waals surface area contributed by atoms with Gasteiger partial charge < -0.3 is 0 Å². The molecule has 0 spiro atoms. The molecule has 4 aliphatic heterocycles. The summed E-state index contributed by atoms with van der Waals surface area (Å²) in [7, 11) is -30.9. The maximum atomic E-state index is 13.2. The molecule has 8 N–H and O–H groups in total. The van der Waals surface area contributed by atoms with Crippen LogP contribution in [-0.2, 0) is 80.9 Å². The average molecular weight is 2200 g/mol. The number of aryl methyl sites for hydroxylation is 1. The van der Waals surface area contributed by atoms with E-state index in [2.05, 4.69) is 57.7 Å². The second kappa shape index (κ2) is 42.2. The summed E-state index contributed by atoms with van der Waals surface area (Å²) >= 11 is 38.2. The van der Waals surface area contributed by atoms with Crippen LogP contribution in [0.1, 0.15) is 31.2 Å². The normalized spacial score (nSPS) is 15.7. The van der Waals surface area contributed by atoms with Crippen molar-refractivity contribution in [3.63, 3.8) is 0 Å². The van der Waals surface area contributed by atoms with Gasteiger partial charge in [-0.2, -0.15) is 52.6 Å². The van der Waals surface area contributed by atoms with Gasteiger partial charge in [0.05, 0.1) is 97.1 Å². The number of nitrogens with one attached hydrogen (secondary N) is 8. The van der Waals surface area contributed by atoms with Crippen molar-refractivity contribution in [1.29, 1.82) is 0 Å². The number of nitrogens with zero attached hydrogens (tertiary/aromatic N) is 9. The van der Waals surface area contributed by atoms with E-state index < -0.39 is 80.9 Å². The maximum absolute atomic E-state index is 13.2. The molecule has 33 nitrogen and oxygen atoms in total. The molecule has 11 aromatic carbocycles. The van der Waals surface area contributed by atoms with E-state index in [-0.39, 0.29) is 88.4 Å². The van der Waals surface area contributed by atoms with Gasteiger partial charge in [-0.15, -0.1) is 0 Å². The second-order valence-electron chi connectivity index (χ2n) is 32.6. The lowest BCUT2D eigenvalue weighted by atomic mass is 10.0. The van der Waals surface area contributed by atoms with Gasteiger partial charge in [0.2, 0.25) is 0 Å². The van der Waals surface area contributed by atoms with Crippen LogP contribution in [0.5, 0.6) is 0 Å². The van der Waals surface area contributed by atoms with Gasteiger partial charge in [-0.25, -0.2) is 48.6 Å². The third kappa shape index (κ3) is 23.3. The number of para-hydroxylation sites is 2. The molecule has 0 amide bonds. The molecule has 0 saturated carbocycles. The van der Waals surface area contributed by atoms with Crippen LogP contribution in [0.25, 0.3) is 88.5 Å². The summed E-state index contributed by atoms with van der Waals surface area (Å²) in [4.78, 5) is 22.0. The number of halogens is 6. The first-order valence-electron chi connectivity index (χ1n) is 43.6. The fraction of sp³-hybridized carbons (Fsp3) is 0.135. The summed E-state index contributed by atoms with van der Waals surface area (Å²) in [5, 5.41) is 5.63. The number of fused-ring (bicyclic) bond motifs is 4. The largest absolute Gasteiger partial charge is 0.301 e. The number of hydrogen-bond acceptors (Lipinski definition) is 21.